The summed E-state index contributed by atoms with van der Waals surface area (Å²) in [5.74, 6) is -1.05. The van der Waals surface area contributed by atoms with Gasteiger partial charge in [0, 0.05) is 20.2 Å². The molecule has 0 saturated carbocycles. The minimum absolute atomic E-state index is 0.0441. The second-order valence-electron chi connectivity index (χ2n) is 4.47. The van der Waals surface area contributed by atoms with Gasteiger partial charge in [-0.05, 0) is 11.6 Å². The highest BCUT2D eigenvalue weighted by atomic mass is 19.1. The number of halogens is 1. The fraction of sp³-hybridized carbons (Fsp3) is 0.467. The van der Waals surface area contributed by atoms with Crippen LogP contribution in [-0.4, -0.2) is 50.7 Å². The average molecular weight is 297 g/mol. The van der Waals surface area contributed by atoms with Crippen molar-refractivity contribution in [1.29, 1.82) is 0 Å². The summed E-state index contributed by atoms with van der Waals surface area (Å²) in [4.78, 5) is 24.9. The number of hydrogen-bond donors (Lipinski definition) is 0. The van der Waals surface area contributed by atoms with Gasteiger partial charge in [-0.15, -0.1) is 0 Å². The van der Waals surface area contributed by atoms with Gasteiger partial charge in [0.2, 0.25) is 5.91 Å². The van der Waals surface area contributed by atoms with Crippen LogP contribution in [0.4, 0.5) is 4.39 Å². The Morgan fingerprint density at radius 2 is 1.90 bits per heavy atom. The van der Waals surface area contributed by atoms with Gasteiger partial charge in [0.15, 0.2) is 0 Å². The molecule has 116 valence electrons. The van der Waals surface area contributed by atoms with E-state index < -0.39 is 11.8 Å². The molecule has 21 heavy (non-hydrogen) atoms. The molecule has 0 unspecified atom stereocenters. The Kier molecular flexibility index (Phi) is 7.39. The maximum Gasteiger partial charge on any atom is 0.307 e. The molecule has 0 saturated heterocycles. The number of carbonyl (C=O) groups excluding carboxylic acids is 2. The van der Waals surface area contributed by atoms with Gasteiger partial charge >= 0.3 is 5.97 Å². The molecule has 1 aromatic rings. The van der Waals surface area contributed by atoms with Crippen LogP contribution in [0.3, 0.4) is 0 Å². The summed E-state index contributed by atoms with van der Waals surface area (Å²) in [6.07, 6.45) is 0.0563. The van der Waals surface area contributed by atoms with E-state index in [1.165, 1.54) is 25.2 Å². The van der Waals surface area contributed by atoms with Gasteiger partial charge in [0.05, 0.1) is 26.6 Å². The van der Waals surface area contributed by atoms with Crippen LogP contribution in [0.2, 0.25) is 0 Å². The van der Waals surface area contributed by atoms with E-state index in [-0.39, 0.29) is 25.3 Å². The van der Waals surface area contributed by atoms with Crippen molar-refractivity contribution in [1.82, 2.24) is 4.90 Å². The summed E-state index contributed by atoms with van der Waals surface area (Å²) in [6.45, 7) is 0.925. The number of benzene rings is 1. The first-order chi connectivity index (χ1) is 10.1. The fourth-order valence-electron chi connectivity index (χ4n) is 1.81. The molecule has 0 aromatic heterocycles. The van der Waals surface area contributed by atoms with E-state index in [1.807, 2.05) is 0 Å². The third-order valence-electron chi connectivity index (χ3n) is 3.03. The van der Waals surface area contributed by atoms with Crippen LogP contribution in [0, 0.1) is 5.82 Å². The Morgan fingerprint density at radius 1 is 1.19 bits per heavy atom. The zero-order chi connectivity index (χ0) is 15.7. The molecule has 0 bridgehead atoms. The Bertz CT molecular complexity index is 478. The lowest BCUT2D eigenvalue weighted by Crippen LogP contribution is -2.37. The Labute approximate surface area is 123 Å². The van der Waals surface area contributed by atoms with Crippen molar-refractivity contribution in [2.75, 3.05) is 33.9 Å². The highest BCUT2D eigenvalue weighted by molar-refractivity contribution is 5.79. The van der Waals surface area contributed by atoms with Crippen LogP contribution < -0.4 is 0 Å². The molecule has 0 aliphatic carbocycles. The molecule has 0 fully saturated rings. The monoisotopic (exact) mass is 297 g/mol. The van der Waals surface area contributed by atoms with Crippen molar-refractivity contribution in [3.05, 3.63) is 35.6 Å². The summed E-state index contributed by atoms with van der Waals surface area (Å²) in [7, 11) is 2.82. The van der Waals surface area contributed by atoms with Crippen LogP contribution in [-0.2, 0) is 25.5 Å². The largest absolute Gasteiger partial charge is 0.469 e. The molecule has 0 heterocycles. The normalized spacial score (nSPS) is 10.2. The van der Waals surface area contributed by atoms with Crippen LogP contribution >= 0.6 is 0 Å². The molecular formula is C15H20FNO4. The lowest BCUT2D eigenvalue weighted by Gasteiger charge is -2.22. The molecular weight excluding hydrogens is 277 g/mol. The molecule has 1 aromatic carbocycles. The minimum Gasteiger partial charge on any atom is -0.469 e. The first-order valence-electron chi connectivity index (χ1n) is 6.65. The van der Waals surface area contributed by atoms with Gasteiger partial charge in [0.25, 0.3) is 0 Å². The number of rotatable bonds is 8. The number of esters is 1. The number of ether oxygens (including phenoxy) is 2. The molecule has 0 aliphatic heterocycles. The quantitative estimate of drug-likeness (QED) is 0.681. The SMILES string of the molecule is COCCN(CCC(=O)OC)C(=O)Cc1ccccc1F. The van der Waals surface area contributed by atoms with E-state index in [9.17, 15) is 14.0 Å². The van der Waals surface area contributed by atoms with Crippen molar-refractivity contribution in [3.8, 4) is 0 Å². The minimum atomic E-state index is -0.412. The summed E-state index contributed by atoms with van der Waals surface area (Å²) in [5.41, 5.74) is 0.336. The van der Waals surface area contributed by atoms with Crippen molar-refractivity contribution in [2.45, 2.75) is 12.8 Å². The lowest BCUT2D eigenvalue weighted by atomic mass is 10.1. The molecule has 0 radical (unpaired) electrons. The van der Waals surface area contributed by atoms with E-state index in [0.717, 1.165) is 0 Å². The number of hydrogen-bond acceptors (Lipinski definition) is 4. The topological polar surface area (TPSA) is 55.8 Å². The van der Waals surface area contributed by atoms with Crippen LogP contribution in [0.5, 0.6) is 0 Å². The maximum absolute atomic E-state index is 13.6. The van der Waals surface area contributed by atoms with Crippen molar-refractivity contribution in [2.24, 2.45) is 0 Å². The summed E-state index contributed by atoms with van der Waals surface area (Å²) < 4.78 is 23.1. The third kappa shape index (κ3) is 5.91. The first-order valence-corrected chi connectivity index (χ1v) is 6.65. The van der Waals surface area contributed by atoms with Crippen molar-refractivity contribution in [3.63, 3.8) is 0 Å². The smallest absolute Gasteiger partial charge is 0.307 e. The van der Waals surface area contributed by atoms with Crippen molar-refractivity contribution < 1.29 is 23.5 Å². The number of amides is 1. The lowest BCUT2D eigenvalue weighted by molar-refractivity contribution is -0.141. The van der Waals surface area contributed by atoms with E-state index in [0.29, 0.717) is 18.7 Å². The maximum atomic E-state index is 13.6. The summed E-state index contributed by atoms with van der Waals surface area (Å²) in [5, 5.41) is 0. The number of nitrogens with zero attached hydrogens (tertiary/aromatic N) is 1. The van der Waals surface area contributed by atoms with Gasteiger partial charge in [-0.1, -0.05) is 18.2 Å². The highest BCUT2D eigenvalue weighted by Crippen LogP contribution is 2.09. The van der Waals surface area contributed by atoms with Gasteiger partial charge in [-0.3, -0.25) is 9.59 Å². The van der Waals surface area contributed by atoms with Gasteiger partial charge < -0.3 is 14.4 Å². The second kappa shape index (κ2) is 9.07. The van der Waals surface area contributed by atoms with Crippen LogP contribution in [0.1, 0.15) is 12.0 Å². The Balaban J connectivity index is 2.65. The summed E-state index contributed by atoms with van der Waals surface area (Å²) >= 11 is 0. The molecule has 6 heteroatoms. The molecule has 0 atom stereocenters. The zero-order valence-corrected chi connectivity index (χ0v) is 12.3. The molecule has 0 N–H and O–H groups in total. The van der Waals surface area contributed by atoms with Crippen LogP contribution in [0.15, 0.2) is 24.3 Å². The molecule has 0 spiro atoms. The molecule has 1 amide bonds. The van der Waals surface area contributed by atoms with E-state index in [4.69, 9.17) is 4.74 Å². The molecule has 5 nitrogen and oxygen atoms in total. The summed E-state index contributed by atoms with van der Waals surface area (Å²) in [6, 6.07) is 6.14. The van der Waals surface area contributed by atoms with Crippen LogP contribution in [0.25, 0.3) is 0 Å². The van der Waals surface area contributed by atoms with E-state index in [1.54, 1.807) is 18.2 Å². The first kappa shape index (κ1) is 17.1. The highest BCUT2D eigenvalue weighted by Gasteiger charge is 2.17. The Hall–Kier alpha value is -1.95. The predicted octanol–water partition coefficient (Wildman–Crippen LogP) is 1.41. The van der Waals surface area contributed by atoms with Gasteiger partial charge in [0.1, 0.15) is 5.82 Å². The van der Waals surface area contributed by atoms with E-state index >= 15 is 0 Å². The molecule has 1 rings (SSSR count). The average Bonchev–Trinajstić information content (AvgIpc) is 2.49. The van der Waals surface area contributed by atoms with Crippen molar-refractivity contribution >= 4 is 11.9 Å². The van der Waals surface area contributed by atoms with E-state index in [2.05, 4.69) is 4.74 Å². The fourth-order valence-corrected chi connectivity index (χ4v) is 1.81. The zero-order valence-electron chi connectivity index (χ0n) is 12.3. The second-order valence-corrected chi connectivity index (χ2v) is 4.47. The van der Waals surface area contributed by atoms with Gasteiger partial charge in [-0.25, -0.2) is 4.39 Å². The molecule has 0 aliphatic rings. The Morgan fingerprint density at radius 3 is 2.52 bits per heavy atom. The number of methoxy groups -OCH3 is 2. The standard InChI is InChI=1S/C15H20FNO4/c1-20-10-9-17(8-7-15(19)21-2)14(18)11-12-5-3-4-6-13(12)16/h3-6H,7-11H2,1-2H3. The van der Waals surface area contributed by atoms with Gasteiger partial charge in [-0.2, -0.15) is 0 Å². The number of carbonyl (C=O) groups is 2. The third-order valence-corrected chi connectivity index (χ3v) is 3.03. The predicted molar refractivity (Wildman–Crippen MR) is 75.2 cm³/mol.